The van der Waals surface area contributed by atoms with E-state index in [-0.39, 0.29) is 0 Å². The molecule has 0 aromatic heterocycles. The van der Waals surface area contributed by atoms with Gasteiger partial charge in [-0.3, -0.25) is 0 Å². The van der Waals surface area contributed by atoms with Crippen LogP contribution in [0.4, 0.5) is 0 Å². The molecule has 86 valence electrons. The molecule has 0 atom stereocenters. The summed E-state index contributed by atoms with van der Waals surface area (Å²) in [5.41, 5.74) is 7.04. The molecule has 1 heterocycles. The van der Waals surface area contributed by atoms with Gasteiger partial charge in [-0.05, 0) is 43.5 Å². The van der Waals surface area contributed by atoms with Crippen molar-refractivity contribution in [2.24, 2.45) is 5.73 Å². The molecule has 0 bridgehead atoms. The molecule has 2 N–H and O–H groups in total. The van der Waals surface area contributed by atoms with E-state index in [0.717, 1.165) is 11.1 Å². The lowest BCUT2D eigenvalue weighted by Crippen LogP contribution is -2.05. The number of allylic oxidation sites excluding steroid dienone is 1. The van der Waals surface area contributed by atoms with Gasteiger partial charge >= 0.3 is 0 Å². The Morgan fingerprint density at radius 1 is 1.31 bits per heavy atom. The van der Waals surface area contributed by atoms with E-state index in [1.807, 2.05) is 25.1 Å². The van der Waals surface area contributed by atoms with Gasteiger partial charge in [-0.25, -0.2) is 8.42 Å². The van der Waals surface area contributed by atoms with Crippen LogP contribution in [0.5, 0.6) is 0 Å². The number of aryl methyl sites for hydroxylation is 1. The van der Waals surface area contributed by atoms with Crippen molar-refractivity contribution in [3.05, 3.63) is 34.2 Å². The largest absolute Gasteiger partial charge is 0.330 e. The number of rotatable bonds is 3. The zero-order chi connectivity index (χ0) is 11.8. The Morgan fingerprint density at radius 2 is 2.06 bits per heavy atom. The van der Waals surface area contributed by atoms with Crippen LogP contribution in [0.25, 0.3) is 6.08 Å². The van der Waals surface area contributed by atoms with Crippen LogP contribution in [0.1, 0.15) is 24.0 Å². The van der Waals surface area contributed by atoms with E-state index in [1.54, 1.807) is 6.08 Å². The van der Waals surface area contributed by atoms with Crippen LogP contribution in [-0.4, -0.2) is 15.0 Å². The molecule has 1 aliphatic rings. The number of benzene rings is 1. The Kier molecular flexibility index (Phi) is 2.86. The van der Waals surface area contributed by atoms with Gasteiger partial charge in [0, 0.05) is 4.91 Å². The van der Waals surface area contributed by atoms with Gasteiger partial charge in [0.25, 0.3) is 0 Å². The molecule has 1 aromatic rings. The first-order valence-electron chi connectivity index (χ1n) is 5.32. The molecule has 0 unspecified atom stereocenters. The molecule has 0 radical (unpaired) electrons. The molecule has 1 aromatic carbocycles. The summed E-state index contributed by atoms with van der Waals surface area (Å²) in [6.07, 6.45) is 3.01. The Labute approximate surface area is 95.9 Å². The third-order valence-corrected chi connectivity index (χ3v) is 4.91. The monoisotopic (exact) mass is 237 g/mol. The van der Waals surface area contributed by atoms with Crippen molar-refractivity contribution in [3.8, 4) is 0 Å². The molecule has 0 aliphatic carbocycles. The maximum atomic E-state index is 12.2. The molecule has 4 heteroatoms. The zero-order valence-electron chi connectivity index (χ0n) is 9.23. The highest BCUT2D eigenvalue weighted by molar-refractivity contribution is 7.95. The topological polar surface area (TPSA) is 60.2 Å². The zero-order valence-corrected chi connectivity index (χ0v) is 10.0. The molecule has 2 rings (SSSR count). The van der Waals surface area contributed by atoms with Crippen molar-refractivity contribution in [2.75, 3.05) is 6.54 Å². The van der Waals surface area contributed by atoms with Crippen LogP contribution in [0.2, 0.25) is 0 Å². The third kappa shape index (κ3) is 1.68. The molecule has 0 amide bonds. The number of hydrogen-bond donors (Lipinski definition) is 1. The van der Waals surface area contributed by atoms with Gasteiger partial charge in [0.2, 0.25) is 9.84 Å². The lowest BCUT2D eigenvalue weighted by molar-refractivity contribution is 0.600. The second-order valence-electron chi connectivity index (χ2n) is 4.00. The minimum atomic E-state index is -3.24. The normalized spacial score (nSPS) is 17.0. The smallest absolute Gasteiger partial charge is 0.203 e. The third-order valence-electron chi connectivity index (χ3n) is 2.80. The second kappa shape index (κ2) is 4.03. The summed E-state index contributed by atoms with van der Waals surface area (Å²) in [6.45, 7) is 2.35. The van der Waals surface area contributed by atoms with Crippen molar-refractivity contribution < 1.29 is 8.42 Å². The van der Waals surface area contributed by atoms with E-state index >= 15 is 0 Å². The molecule has 0 saturated carbocycles. The van der Waals surface area contributed by atoms with E-state index in [9.17, 15) is 8.42 Å². The number of fused-ring (bicyclic) bond motifs is 1. The van der Waals surface area contributed by atoms with Crippen molar-refractivity contribution >= 4 is 15.9 Å². The highest BCUT2D eigenvalue weighted by Crippen LogP contribution is 2.36. The molecule has 0 saturated heterocycles. The summed E-state index contributed by atoms with van der Waals surface area (Å²) in [6, 6.07) is 5.55. The van der Waals surface area contributed by atoms with Gasteiger partial charge in [-0.2, -0.15) is 0 Å². The fourth-order valence-electron chi connectivity index (χ4n) is 2.02. The second-order valence-corrected chi connectivity index (χ2v) is 5.94. The lowest BCUT2D eigenvalue weighted by atomic mass is 10.1. The van der Waals surface area contributed by atoms with Crippen LogP contribution < -0.4 is 5.73 Å². The van der Waals surface area contributed by atoms with Crippen molar-refractivity contribution in [1.29, 1.82) is 0 Å². The number of sulfone groups is 1. The van der Waals surface area contributed by atoms with Crippen LogP contribution in [-0.2, 0) is 9.84 Å². The lowest BCUT2D eigenvalue weighted by Gasteiger charge is -2.05. The first kappa shape index (κ1) is 11.4. The van der Waals surface area contributed by atoms with Gasteiger partial charge in [-0.1, -0.05) is 18.2 Å². The van der Waals surface area contributed by atoms with Gasteiger partial charge in [0.1, 0.15) is 0 Å². The van der Waals surface area contributed by atoms with Crippen LogP contribution in [0.3, 0.4) is 0 Å². The molecule has 1 aliphatic heterocycles. The minimum absolute atomic E-state index is 0.474. The molecular formula is C12H15NO2S. The van der Waals surface area contributed by atoms with E-state index in [2.05, 4.69) is 0 Å². The summed E-state index contributed by atoms with van der Waals surface area (Å²) < 4.78 is 24.4. The molecule has 16 heavy (non-hydrogen) atoms. The average molecular weight is 237 g/mol. The Balaban J connectivity index is 2.48. The quantitative estimate of drug-likeness (QED) is 0.873. The van der Waals surface area contributed by atoms with Crippen molar-refractivity contribution in [3.63, 3.8) is 0 Å². The predicted octanol–water partition coefficient (Wildman–Crippen LogP) is 1.86. The summed E-state index contributed by atoms with van der Waals surface area (Å²) in [5, 5.41) is 0. The van der Waals surface area contributed by atoms with E-state index in [0.29, 0.717) is 29.2 Å². The number of nitrogens with two attached hydrogens (primary N) is 1. The first-order chi connectivity index (χ1) is 7.57. The van der Waals surface area contributed by atoms with Crippen LogP contribution in [0.15, 0.2) is 28.0 Å². The predicted molar refractivity (Wildman–Crippen MR) is 64.6 cm³/mol. The van der Waals surface area contributed by atoms with Crippen molar-refractivity contribution in [2.45, 2.75) is 24.7 Å². The molecule has 0 fully saturated rings. The highest BCUT2D eigenvalue weighted by Gasteiger charge is 2.30. The van der Waals surface area contributed by atoms with Gasteiger partial charge in [-0.15, -0.1) is 0 Å². The number of hydrogen-bond acceptors (Lipinski definition) is 3. The molecule has 0 spiro atoms. The van der Waals surface area contributed by atoms with E-state index in [4.69, 9.17) is 5.73 Å². The molecule has 3 nitrogen and oxygen atoms in total. The van der Waals surface area contributed by atoms with Crippen LogP contribution in [0, 0.1) is 6.92 Å². The highest BCUT2D eigenvalue weighted by atomic mass is 32.2. The summed E-state index contributed by atoms with van der Waals surface area (Å²) >= 11 is 0. The Hall–Kier alpha value is -1.13. The molecular weight excluding hydrogens is 222 g/mol. The Morgan fingerprint density at radius 3 is 2.69 bits per heavy atom. The van der Waals surface area contributed by atoms with E-state index in [1.165, 1.54) is 0 Å². The fourth-order valence-corrected chi connectivity index (χ4v) is 3.91. The van der Waals surface area contributed by atoms with E-state index < -0.39 is 9.84 Å². The standard InChI is InChI=1S/C12H15NO2S/c1-9-4-2-5-10-8-11(6-3-7-13)16(14,15)12(9)10/h2,4-5,8H,3,6-7,13H2,1H3. The summed E-state index contributed by atoms with van der Waals surface area (Å²) in [7, 11) is -3.24. The maximum Gasteiger partial charge on any atom is 0.203 e. The SMILES string of the molecule is Cc1cccc2c1S(=O)(=O)C(CCCN)=C2. The van der Waals surface area contributed by atoms with Crippen molar-refractivity contribution in [1.82, 2.24) is 0 Å². The first-order valence-corrected chi connectivity index (χ1v) is 6.81. The fraction of sp³-hybridized carbons (Fsp3) is 0.333. The Bertz CT molecular complexity index is 544. The van der Waals surface area contributed by atoms with Gasteiger partial charge < -0.3 is 5.73 Å². The minimum Gasteiger partial charge on any atom is -0.330 e. The summed E-state index contributed by atoms with van der Waals surface area (Å²) in [5.74, 6) is 0. The van der Waals surface area contributed by atoms with Gasteiger partial charge in [0.15, 0.2) is 0 Å². The summed E-state index contributed by atoms with van der Waals surface area (Å²) in [4.78, 5) is 0.976. The average Bonchev–Trinajstić information content (AvgIpc) is 2.48. The van der Waals surface area contributed by atoms with Gasteiger partial charge in [0.05, 0.1) is 4.90 Å². The van der Waals surface area contributed by atoms with Crippen LogP contribution >= 0.6 is 0 Å². The maximum absolute atomic E-state index is 12.2.